The highest BCUT2D eigenvalue weighted by Crippen LogP contribution is 2.08. The van der Waals surface area contributed by atoms with E-state index in [9.17, 15) is 9.59 Å². The molecular weight excluding hydrogens is 262 g/mol. The SMILES string of the molecule is CC.CC(=O)c1cccc(CNC(=O)CCCC(C)C)c1.[HH]. The Balaban J connectivity index is 0. The van der Waals surface area contributed by atoms with Crippen LogP contribution in [0.25, 0.3) is 0 Å². The fourth-order valence-corrected chi connectivity index (χ4v) is 1.86. The van der Waals surface area contributed by atoms with Crippen LogP contribution in [0.2, 0.25) is 0 Å². The quantitative estimate of drug-likeness (QED) is 0.746. The van der Waals surface area contributed by atoms with Gasteiger partial charge in [-0.1, -0.05) is 52.3 Å². The molecule has 21 heavy (non-hydrogen) atoms. The van der Waals surface area contributed by atoms with Crippen LogP contribution in [0, 0.1) is 5.92 Å². The van der Waals surface area contributed by atoms with E-state index in [0.717, 1.165) is 18.4 Å². The highest BCUT2D eigenvalue weighted by molar-refractivity contribution is 5.94. The van der Waals surface area contributed by atoms with Gasteiger partial charge in [-0.25, -0.2) is 0 Å². The van der Waals surface area contributed by atoms with Crippen LogP contribution >= 0.6 is 0 Å². The summed E-state index contributed by atoms with van der Waals surface area (Å²) in [7, 11) is 0. The van der Waals surface area contributed by atoms with Gasteiger partial charge in [0.25, 0.3) is 0 Å². The molecule has 3 heteroatoms. The lowest BCUT2D eigenvalue weighted by molar-refractivity contribution is -0.121. The van der Waals surface area contributed by atoms with Gasteiger partial charge in [0.1, 0.15) is 0 Å². The van der Waals surface area contributed by atoms with E-state index in [1.807, 2.05) is 32.0 Å². The number of nitrogens with one attached hydrogen (secondary N) is 1. The summed E-state index contributed by atoms with van der Waals surface area (Å²) in [5, 5.41) is 2.89. The minimum atomic E-state index is 0. The van der Waals surface area contributed by atoms with Crippen molar-refractivity contribution in [2.45, 2.75) is 60.4 Å². The van der Waals surface area contributed by atoms with E-state index in [-0.39, 0.29) is 13.1 Å². The number of hydrogen-bond donors (Lipinski definition) is 1. The maximum Gasteiger partial charge on any atom is 0.220 e. The van der Waals surface area contributed by atoms with Gasteiger partial charge in [0.15, 0.2) is 5.78 Å². The Bertz CT molecular complexity index is 444. The molecule has 0 unspecified atom stereocenters. The molecule has 0 saturated carbocycles. The molecular formula is C18H31NO2. The molecule has 0 radical (unpaired) electrons. The molecule has 0 spiro atoms. The van der Waals surface area contributed by atoms with E-state index in [4.69, 9.17) is 0 Å². The molecule has 0 saturated heterocycles. The zero-order valence-corrected chi connectivity index (χ0v) is 14.0. The number of Topliss-reactive ketones (excluding diaryl/α,β-unsaturated/α-hetero) is 1. The molecule has 0 atom stereocenters. The zero-order chi connectivity index (χ0) is 16.3. The van der Waals surface area contributed by atoms with Gasteiger partial charge in [0.05, 0.1) is 0 Å². The maximum absolute atomic E-state index is 11.6. The van der Waals surface area contributed by atoms with Crippen LogP contribution in [-0.2, 0) is 11.3 Å². The first-order chi connectivity index (χ1) is 9.99. The lowest BCUT2D eigenvalue weighted by Crippen LogP contribution is -2.22. The Kier molecular flexibility index (Phi) is 10.2. The average Bonchev–Trinajstić information content (AvgIpc) is 2.47. The molecule has 1 N–H and O–H groups in total. The molecule has 0 aromatic heterocycles. The molecule has 0 heterocycles. The fourth-order valence-electron chi connectivity index (χ4n) is 1.86. The monoisotopic (exact) mass is 293 g/mol. The van der Waals surface area contributed by atoms with Crippen LogP contribution < -0.4 is 5.32 Å². The van der Waals surface area contributed by atoms with Crippen LogP contribution in [0.1, 0.15) is 71.2 Å². The first-order valence-corrected chi connectivity index (χ1v) is 7.85. The number of ketones is 1. The summed E-state index contributed by atoms with van der Waals surface area (Å²) in [6.07, 6.45) is 2.58. The first kappa shape index (κ1) is 19.4. The fraction of sp³-hybridized carbons (Fsp3) is 0.556. The average molecular weight is 293 g/mol. The van der Waals surface area contributed by atoms with Crippen molar-refractivity contribution in [1.29, 1.82) is 0 Å². The minimum Gasteiger partial charge on any atom is -0.352 e. The molecule has 0 aliphatic rings. The van der Waals surface area contributed by atoms with Gasteiger partial charge in [-0.15, -0.1) is 0 Å². The third kappa shape index (κ3) is 9.01. The summed E-state index contributed by atoms with van der Waals surface area (Å²) in [5.74, 6) is 0.763. The summed E-state index contributed by atoms with van der Waals surface area (Å²) >= 11 is 0. The van der Waals surface area contributed by atoms with Crippen molar-refractivity contribution in [2.24, 2.45) is 5.92 Å². The molecule has 1 amide bonds. The van der Waals surface area contributed by atoms with E-state index in [1.54, 1.807) is 13.0 Å². The third-order valence-corrected chi connectivity index (χ3v) is 3.01. The van der Waals surface area contributed by atoms with Crippen LogP contribution in [0.15, 0.2) is 24.3 Å². The number of rotatable bonds is 7. The number of amides is 1. The normalized spacial score (nSPS) is 9.81. The van der Waals surface area contributed by atoms with Crippen molar-refractivity contribution >= 4 is 11.7 Å². The Morgan fingerprint density at radius 2 is 1.90 bits per heavy atom. The van der Waals surface area contributed by atoms with E-state index in [0.29, 0.717) is 24.4 Å². The molecule has 1 aromatic carbocycles. The Labute approximate surface area is 130 Å². The number of carbonyl (C=O) groups is 2. The lowest BCUT2D eigenvalue weighted by Gasteiger charge is -2.07. The second kappa shape index (κ2) is 11.1. The zero-order valence-electron chi connectivity index (χ0n) is 14.0. The number of benzene rings is 1. The van der Waals surface area contributed by atoms with Gasteiger partial charge in [-0.05, 0) is 30.9 Å². The minimum absolute atomic E-state index is 0. The Morgan fingerprint density at radius 1 is 1.24 bits per heavy atom. The summed E-state index contributed by atoms with van der Waals surface area (Å²) in [5.41, 5.74) is 1.65. The van der Waals surface area contributed by atoms with Gasteiger partial charge in [0.2, 0.25) is 5.91 Å². The molecule has 0 bridgehead atoms. The first-order valence-electron chi connectivity index (χ1n) is 7.85. The summed E-state index contributed by atoms with van der Waals surface area (Å²) in [4.78, 5) is 22.9. The molecule has 3 nitrogen and oxygen atoms in total. The van der Waals surface area contributed by atoms with Gasteiger partial charge in [-0.2, -0.15) is 0 Å². The molecule has 0 aliphatic carbocycles. The van der Waals surface area contributed by atoms with Crippen molar-refractivity contribution < 1.29 is 11.0 Å². The summed E-state index contributed by atoms with van der Waals surface area (Å²) in [6, 6.07) is 7.38. The van der Waals surface area contributed by atoms with Crippen molar-refractivity contribution in [3.8, 4) is 0 Å². The van der Waals surface area contributed by atoms with Gasteiger partial charge >= 0.3 is 0 Å². The molecule has 120 valence electrons. The lowest BCUT2D eigenvalue weighted by atomic mass is 10.1. The number of hydrogen-bond acceptors (Lipinski definition) is 2. The second-order valence-corrected chi connectivity index (χ2v) is 5.32. The van der Waals surface area contributed by atoms with Gasteiger partial charge in [-0.3, -0.25) is 9.59 Å². The number of carbonyl (C=O) groups excluding carboxylic acids is 2. The Hall–Kier alpha value is -1.64. The standard InChI is InChI=1S/C16H23NO2.C2H6.H2/c1-12(2)6-4-9-16(19)17-11-14-7-5-8-15(10-14)13(3)18;1-2;/h5,7-8,10,12H,4,6,9,11H2,1-3H3,(H,17,19);1-2H3;1H. The highest BCUT2D eigenvalue weighted by Gasteiger charge is 2.04. The third-order valence-electron chi connectivity index (χ3n) is 3.01. The van der Waals surface area contributed by atoms with Crippen molar-refractivity contribution in [3.63, 3.8) is 0 Å². The largest absolute Gasteiger partial charge is 0.352 e. The summed E-state index contributed by atoms with van der Waals surface area (Å²) < 4.78 is 0. The van der Waals surface area contributed by atoms with E-state index >= 15 is 0 Å². The van der Waals surface area contributed by atoms with Crippen molar-refractivity contribution in [1.82, 2.24) is 5.32 Å². The second-order valence-electron chi connectivity index (χ2n) is 5.32. The molecule has 0 fully saturated rings. The topological polar surface area (TPSA) is 46.2 Å². The maximum atomic E-state index is 11.6. The molecule has 0 aliphatic heterocycles. The van der Waals surface area contributed by atoms with Gasteiger partial charge in [0, 0.05) is 20.0 Å². The highest BCUT2D eigenvalue weighted by atomic mass is 16.1. The molecule has 1 aromatic rings. The smallest absolute Gasteiger partial charge is 0.220 e. The van der Waals surface area contributed by atoms with E-state index < -0.39 is 0 Å². The van der Waals surface area contributed by atoms with Crippen molar-refractivity contribution in [2.75, 3.05) is 0 Å². The molecule has 1 rings (SSSR count). The van der Waals surface area contributed by atoms with Crippen LogP contribution in [0.3, 0.4) is 0 Å². The predicted molar refractivity (Wildman–Crippen MR) is 90.4 cm³/mol. The van der Waals surface area contributed by atoms with Gasteiger partial charge < -0.3 is 5.32 Å². The van der Waals surface area contributed by atoms with E-state index in [1.165, 1.54) is 0 Å². The Morgan fingerprint density at radius 3 is 2.48 bits per heavy atom. The summed E-state index contributed by atoms with van der Waals surface area (Å²) in [6.45, 7) is 10.3. The van der Waals surface area contributed by atoms with Crippen LogP contribution in [-0.4, -0.2) is 11.7 Å². The van der Waals surface area contributed by atoms with Crippen molar-refractivity contribution in [3.05, 3.63) is 35.4 Å². The van der Waals surface area contributed by atoms with E-state index in [2.05, 4.69) is 19.2 Å². The van der Waals surface area contributed by atoms with Crippen LogP contribution in [0.5, 0.6) is 0 Å². The van der Waals surface area contributed by atoms with Crippen LogP contribution in [0.4, 0.5) is 0 Å². The predicted octanol–water partition coefficient (Wildman–Crippen LogP) is 4.60.